The molecule has 0 aliphatic rings. The van der Waals surface area contributed by atoms with Crippen LogP contribution < -0.4 is 11.1 Å². The summed E-state index contributed by atoms with van der Waals surface area (Å²) in [5, 5.41) is 13.6. The maximum absolute atomic E-state index is 9.30. The van der Waals surface area contributed by atoms with Gasteiger partial charge in [-0.1, -0.05) is 38.5 Å². The molecule has 2 aromatic rings. The summed E-state index contributed by atoms with van der Waals surface area (Å²) < 4.78 is 0. The van der Waals surface area contributed by atoms with E-state index in [1.54, 1.807) is 0 Å². The van der Waals surface area contributed by atoms with E-state index in [4.69, 9.17) is 5.73 Å². The number of aliphatic hydroxyl groups is 1. The summed E-state index contributed by atoms with van der Waals surface area (Å²) in [4.78, 5) is 8.65. The van der Waals surface area contributed by atoms with E-state index in [0.717, 1.165) is 41.4 Å². The van der Waals surface area contributed by atoms with Crippen LogP contribution in [0.4, 0.5) is 11.8 Å². The highest BCUT2D eigenvalue weighted by molar-refractivity contribution is 5.93. The molecule has 0 amide bonds. The van der Waals surface area contributed by atoms with Gasteiger partial charge in [-0.3, -0.25) is 0 Å². The maximum Gasteiger partial charge on any atom is 0.222 e. The molecule has 0 aliphatic carbocycles. The van der Waals surface area contributed by atoms with Crippen LogP contribution in [0.15, 0.2) is 30.5 Å². The van der Waals surface area contributed by atoms with Crippen molar-refractivity contribution < 1.29 is 5.11 Å². The Hall–Kier alpha value is -2.14. The molecule has 1 atom stereocenters. The molecule has 0 bridgehead atoms. The van der Waals surface area contributed by atoms with E-state index in [1.807, 2.05) is 25.1 Å². The molecule has 2 rings (SSSR count). The first-order valence-corrected chi connectivity index (χ1v) is 8.16. The van der Waals surface area contributed by atoms with Crippen molar-refractivity contribution in [2.75, 3.05) is 17.7 Å². The number of nitrogen functional groups attached to an aromatic ring is 1. The van der Waals surface area contributed by atoms with Gasteiger partial charge in [-0.15, -0.1) is 0 Å². The Morgan fingerprint density at radius 2 is 2.13 bits per heavy atom. The molecule has 1 heterocycles. The first-order chi connectivity index (χ1) is 11.1. The molecule has 5 heteroatoms. The number of aromatic nitrogens is 2. The number of aryl methyl sites for hydroxylation is 1. The molecule has 0 fully saturated rings. The Balaban J connectivity index is 2.31. The fourth-order valence-electron chi connectivity index (χ4n) is 2.82. The number of benzene rings is 1. The van der Waals surface area contributed by atoms with Crippen molar-refractivity contribution in [1.29, 1.82) is 0 Å². The molecule has 0 saturated carbocycles. The van der Waals surface area contributed by atoms with Gasteiger partial charge < -0.3 is 16.2 Å². The molecule has 5 nitrogen and oxygen atoms in total. The van der Waals surface area contributed by atoms with E-state index in [9.17, 15) is 5.11 Å². The van der Waals surface area contributed by atoms with Crippen LogP contribution in [0, 0.1) is 12.8 Å². The molecule has 1 aromatic carbocycles. The predicted molar refractivity (Wildman–Crippen MR) is 96.2 cm³/mol. The first kappa shape index (κ1) is 17.2. The highest BCUT2D eigenvalue weighted by Gasteiger charge is 2.15. The van der Waals surface area contributed by atoms with Gasteiger partial charge in [-0.25, -0.2) is 4.98 Å². The van der Waals surface area contributed by atoms with E-state index < -0.39 is 0 Å². The zero-order valence-electron chi connectivity index (χ0n) is 14.0. The quantitative estimate of drug-likeness (QED) is 0.693. The largest absolute Gasteiger partial charge is 0.396 e. The molecular formula is C18H26N4O. The molecule has 0 unspecified atom stereocenters. The van der Waals surface area contributed by atoms with Gasteiger partial charge in [0.15, 0.2) is 0 Å². The number of nitrogens with two attached hydrogens (primary N) is 1. The van der Waals surface area contributed by atoms with E-state index in [0.29, 0.717) is 12.2 Å². The average Bonchev–Trinajstić information content (AvgIpc) is 2.50. The summed E-state index contributed by atoms with van der Waals surface area (Å²) in [5.41, 5.74) is 8.61. The third-order valence-electron chi connectivity index (χ3n) is 4.10. The second-order valence-electron chi connectivity index (χ2n) is 5.90. The van der Waals surface area contributed by atoms with Crippen molar-refractivity contribution in [3.8, 4) is 0 Å². The Labute approximate surface area is 137 Å². The third kappa shape index (κ3) is 4.20. The number of unbranched alkanes of at least 4 members (excludes halogenated alkanes) is 1. The van der Waals surface area contributed by atoms with Crippen molar-refractivity contribution in [2.24, 2.45) is 5.92 Å². The molecular weight excluding hydrogens is 288 g/mol. The number of nitrogens with zero attached hydrogens (tertiary/aromatic N) is 2. The summed E-state index contributed by atoms with van der Waals surface area (Å²) in [6.07, 6.45) is 3.93. The number of aliphatic hydroxyl groups excluding tert-OH is 1. The van der Waals surface area contributed by atoms with E-state index >= 15 is 0 Å². The highest BCUT2D eigenvalue weighted by Crippen LogP contribution is 2.28. The molecule has 0 spiro atoms. The number of hydrogen-bond donors (Lipinski definition) is 3. The zero-order valence-corrected chi connectivity index (χ0v) is 14.0. The van der Waals surface area contributed by atoms with Gasteiger partial charge in [0.25, 0.3) is 0 Å². The fourth-order valence-corrected chi connectivity index (χ4v) is 2.82. The van der Waals surface area contributed by atoms with E-state index in [1.165, 1.54) is 0 Å². The lowest BCUT2D eigenvalue weighted by Gasteiger charge is -2.21. The summed E-state index contributed by atoms with van der Waals surface area (Å²) in [6.45, 7) is 8.50. The van der Waals surface area contributed by atoms with Crippen molar-refractivity contribution >= 4 is 22.7 Å². The van der Waals surface area contributed by atoms with Crippen LogP contribution in [0.1, 0.15) is 38.2 Å². The molecule has 0 aliphatic heterocycles. The standard InChI is InChI=1S/C18H26N4O/c1-4-5-8-14(10-11-23)13(3)20-17-16-12(2)7-6-9-15(16)21-18(19)22-17/h6-7,9,14,23H,3-5,8,10-11H2,1-2H3,(H3,19,20,21,22)/t14-/m0/s1. The van der Waals surface area contributed by atoms with Gasteiger partial charge in [-0.05, 0) is 31.4 Å². The smallest absolute Gasteiger partial charge is 0.222 e. The van der Waals surface area contributed by atoms with Crippen LogP contribution in [0.3, 0.4) is 0 Å². The lowest BCUT2D eigenvalue weighted by atomic mass is 9.95. The predicted octanol–water partition coefficient (Wildman–Crippen LogP) is 3.63. The lowest BCUT2D eigenvalue weighted by molar-refractivity contribution is 0.262. The minimum atomic E-state index is 0.154. The second-order valence-corrected chi connectivity index (χ2v) is 5.90. The minimum absolute atomic E-state index is 0.154. The third-order valence-corrected chi connectivity index (χ3v) is 4.10. The molecule has 1 aromatic heterocycles. The number of fused-ring (bicyclic) bond motifs is 1. The SMILES string of the molecule is C=C(Nc1nc(N)nc2cccc(C)c12)[C@H](CCO)CCCC. The first-order valence-electron chi connectivity index (χ1n) is 8.16. The summed E-state index contributed by atoms with van der Waals surface area (Å²) in [6, 6.07) is 5.91. The number of nitrogens with one attached hydrogen (secondary N) is 1. The van der Waals surface area contributed by atoms with E-state index in [2.05, 4.69) is 28.8 Å². The van der Waals surface area contributed by atoms with E-state index in [-0.39, 0.29) is 18.5 Å². The van der Waals surface area contributed by atoms with Gasteiger partial charge >= 0.3 is 0 Å². The second kappa shape index (κ2) is 7.92. The van der Waals surface area contributed by atoms with Gasteiger partial charge in [0.1, 0.15) is 5.82 Å². The van der Waals surface area contributed by atoms with Crippen LogP contribution in [-0.2, 0) is 0 Å². The normalized spacial score (nSPS) is 12.3. The van der Waals surface area contributed by atoms with Crippen molar-refractivity contribution in [1.82, 2.24) is 9.97 Å². The summed E-state index contributed by atoms with van der Waals surface area (Å²) in [5.74, 6) is 1.15. The van der Waals surface area contributed by atoms with Gasteiger partial charge in [-0.2, -0.15) is 4.98 Å². The molecule has 124 valence electrons. The number of allylic oxidation sites excluding steroid dienone is 1. The highest BCUT2D eigenvalue weighted by atomic mass is 16.3. The number of rotatable bonds is 8. The Morgan fingerprint density at radius 1 is 1.35 bits per heavy atom. The zero-order chi connectivity index (χ0) is 16.8. The van der Waals surface area contributed by atoms with Gasteiger partial charge in [0, 0.05) is 23.6 Å². The number of hydrogen-bond acceptors (Lipinski definition) is 5. The maximum atomic E-state index is 9.30. The average molecular weight is 314 g/mol. The molecule has 0 radical (unpaired) electrons. The van der Waals surface area contributed by atoms with Gasteiger partial charge in [0.05, 0.1) is 5.52 Å². The van der Waals surface area contributed by atoms with Gasteiger partial charge in [0.2, 0.25) is 5.95 Å². The fraction of sp³-hybridized carbons (Fsp3) is 0.444. The Bertz CT molecular complexity index is 684. The van der Waals surface area contributed by atoms with Crippen molar-refractivity contribution in [2.45, 2.75) is 39.5 Å². The summed E-state index contributed by atoms with van der Waals surface area (Å²) >= 11 is 0. The lowest BCUT2D eigenvalue weighted by Crippen LogP contribution is -2.14. The topological polar surface area (TPSA) is 84.1 Å². The number of anilines is 2. The summed E-state index contributed by atoms with van der Waals surface area (Å²) in [7, 11) is 0. The molecule has 23 heavy (non-hydrogen) atoms. The molecule has 0 saturated heterocycles. The monoisotopic (exact) mass is 314 g/mol. The van der Waals surface area contributed by atoms with Crippen molar-refractivity contribution in [3.63, 3.8) is 0 Å². The van der Waals surface area contributed by atoms with Crippen molar-refractivity contribution in [3.05, 3.63) is 36.0 Å². The Kier molecular flexibility index (Phi) is 5.93. The molecule has 4 N–H and O–H groups in total. The van der Waals surface area contributed by atoms with Crippen LogP contribution in [0.5, 0.6) is 0 Å². The van der Waals surface area contributed by atoms with Crippen LogP contribution in [-0.4, -0.2) is 21.7 Å². The van der Waals surface area contributed by atoms with Crippen LogP contribution in [0.2, 0.25) is 0 Å². The van der Waals surface area contributed by atoms with Crippen LogP contribution in [0.25, 0.3) is 10.9 Å². The van der Waals surface area contributed by atoms with Crippen LogP contribution >= 0.6 is 0 Å². The Morgan fingerprint density at radius 3 is 2.83 bits per heavy atom. The minimum Gasteiger partial charge on any atom is -0.396 e.